The second kappa shape index (κ2) is 8.89. The lowest BCUT2D eigenvalue weighted by molar-refractivity contribution is -0.141. The van der Waals surface area contributed by atoms with Crippen molar-refractivity contribution in [3.63, 3.8) is 0 Å². The van der Waals surface area contributed by atoms with Gasteiger partial charge in [0.15, 0.2) is 5.78 Å². The van der Waals surface area contributed by atoms with E-state index in [1.165, 1.54) is 14.2 Å². The molecule has 0 aliphatic carbocycles. The maximum atomic E-state index is 11.9. The van der Waals surface area contributed by atoms with Gasteiger partial charge in [0.25, 0.3) is 0 Å². The van der Waals surface area contributed by atoms with Gasteiger partial charge in [0.2, 0.25) is 0 Å². The first kappa shape index (κ1) is 16.9. The van der Waals surface area contributed by atoms with Crippen molar-refractivity contribution in [1.82, 2.24) is 0 Å². The quantitative estimate of drug-likeness (QED) is 0.418. The molecule has 5 heteroatoms. The van der Waals surface area contributed by atoms with Gasteiger partial charge in [0, 0.05) is 18.4 Å². The lowest BCUT2D eigenvalue weighted by Crippen LogP contribution is -2.05. The number of ketones is 1. The average molecular weight is 292 g/mol. The van der Waals surface area contributed by atoms with Crippen LogP contribution in [0.4, 0.5) is 0 Å². The summed E-state index contributed by atoms with van der Waals surface area (Å²) < 4.78 is 9.12. The molecule has 0 atom stereocenters. The first-order valence-corrected chi connectivity index (χ1v) is 6.82. The molecule has 0 saturated heterocycles. The summed E-state index contributed by atoms with van der Waals surface area (Å²) in [6.45, 7) is 0. The van der Waals surface area contributed by atoms with Gasteiger partial charge in [-0.1, -0.05) is 24.3 Å². The molecule has 0 unspecified atom stereocenters. The molecule has 1 rings (SSSR count). The number of esters is 2. The number of benzene rings is 1. The Morgan fingerprint density at radius 2 is 1.43 bits per heavy atom. The second-order valence-electron chi connectivity index (χ2n) is 4.66. The number of unbranched alkanes of at least 4 members (excludes halogenated alkanes) is 1. The fraction of sp³-hybridized carbons (Fsp3) is 0.438. The molecule has 0 amide bonds. The van der Waals surface area contributed by atoms with Crippen molar-refractivity contribution in [2.45, 2.75) is 32.1 Å². The van der Waals surface area contributed by atoms with Crippen LogP contribution in [0.1, 0.15) is 41.6 Å². The summed E-state index contributed by atoms with van der Waals surface area (Å²) in [4.78, 5) is 34.0. The highest BCUT2D eigenvalue weighted by molar-refractivity contribution is 5.96. The molecular formula is C16H20O5. The molecular weight excluding hydrogens is 272 g/mol. The van der Waals surface area contributed by atoms with E-state index in [1.807, 2.05) is 0 Å². The van der Waals surface area contributed by atoms with Gasteiger partial charge in [-0.05, 0) is 18.4 Å². The highest BCUT2D eigenvalue weighted by Crippen LogP contribution is 2.11. The number of hydrogen-bond acceptors (Lipinski definition) is 5. The molecule has 5 nitrogen and oxygen atoms in total. The molecule has 0 N–H and O–H groups in total. The Balaban J connectivity index is 2.41. The second-order valence-corrected chi connectivity index (χ2v) is 4.66. The molecule has 0 aliphatic heterocycles. The molecule has 0 saturated carbocycles. The van der Waals surface area contributed by atoms with Crippen LogP contribution >= 0.6 is 0 Å². The Labute approximate surface area is 124 Å². The number of ether oxygens (including phenoxy) is 2. The zero-order valence-corrected chi connectivity index (χ0v) is 12.4. The van der Waals surface area contributed by atoms with E-state index in [1.54, 1.807) is 24.3 Å². The fourth-order valence-electron chi connectivity index (χ4n) is 1.85. The summed E-state index contributed by atoms with van der Waals surface area (Å²) in [5.41, 5.74) is 1.42. The standard InChI is InChI=1S/C16H20O5/c1-20-15(18)6-4-3-5-14(17)13-9-7-12(8-10-13)11-16(19)21-2/h7-10H,3-6,11H2,1-2H3. The number of carbonyl (C=O) groups excluding carboxylic acids is 3. The summed E-state index contributed by atoms with van der Waals surface area (Å²) in [7, 11) is 2.69. The number of Topliss-reactive ketones (excluding diaryl/α,β-unsaturated/α-hetero) is 1. The number of rotatable bonds is 8. The van der Waals surface area contributed by atoms with Crippen molar-refractivity contribution >= 4 is 17.7 Å². The largest absolute Gasteiger partial charge is 0.469 e. The SMILES string of the molecule is COC(=O)CCCCC(=O)c1ccc(CC(=O)OC)cc1. The first-order chi connectivity index (χ1) is 10.1. The highest BCUT2D eigenvalue weighted by Gasteiger charge is 2.08. The third-order valence-corrected chi connectivity index (χ3v) is 3.11. The number of methoxy groups -OCH3 is 2. The van der Waals surface area contributed by atoms with Crippen LogP contribution in [0.3, 0.4) is 0 Å². The van der Waals surface area contributed by atoms with E-state index in [9.17, 15) is 14.4 Å². The molecule has 114 valence electrons. The summed E-state index contributed by atoms with van der Waals surface area (Å²) in [6.07, 6.45) is 2.22. The fourth-order valence-corrected chi connectivity index (χ4v) is 1.85. The first-order valence-electron chi connectivity index (χ1n) is 6.82. The van der Waals surface area contributed by atoms with Crippen LogP contribution in [0.15, 0.2) is 24.3 Å². The van der Waals surface area contributed by atoms with Gasteiger partial charge in [-0.3, -0.25) is 14.4 Å². The summed E-state index contributed by atoms with van der Waals surface area (Å²) in [5.74, 6) is -0.531. The van der Waals surface area contributed by atoms with Crippen LogP contribution in [-0.4, -0.2) is 31.9 Å². The van der Waals surface area contributed by atoms with Crippen LogP contribution in [0.2, 0.25) is 0 Å². The van der Waals surface area contributed by atoms with Crippen molar-refractivity contribution in [2.24, 2.45) is 0 Å². The molecule has 0 fully saturated rings. The smallest absolute Gasteiger partial charge is 0.309 e. The van der Waals surface area contributed by atoms with Crippen LogP contribution in [-0.2, 0) is 25.5 Å². The van der Waals surface area contributed by atoms with Crippen LogP contribution in [0.5, 0.6) is 0 Å². The van der Waals surface area contributed by atoms with E-state index in [0.29, 0.717) is 31.2 Å². The molecule has 0 heterocycles. The van der Waals surface area contributed by atoms with E-state index in [0.717, 1.165) is 5.56 Å². The average Bonchev–Trinajstić information content (AvgIpc) is 2.51. The third-order valence-electron chi connectivity index (χ3n) is 3.11. The minimum absolute atomic E-state index is 0.0319. The summed E-state index contributed by atoms with van der Waals surface area (Å²) in [6, 6.07) is 6.92. The highest BCUT2D eigenvalue weighted by atomic mass is 16.5. The predicted molar refractivity (Wildman–Crippen MR) is 77.0 cm³/mol. The Morgan fingerprint density at radius 3 is 2.00 bits per heavy atom. The Bertz CT molecular complexity index is 490. The van der Waals surface area contributed by atoms with Crippen LogP contribution < -0.4 is 0 Å². The van der Waals surface area contributed by atoms with Gasteiger partial charge in [-0.15, -0.1) is 0 Å². The lowest BCUT2D eigenvalue weighted by atomic mass is 10.0. The summed E-state index contributed by atoms with van der Waals surface area (Å²) in [5, 5.41) is 0. The molecule has 0 spiro atoms. The molecule has 0 bridgehead atoms. The molecule has 0 aromatic heterocycles. The Kier molecular flexibility index (Phi) is 7.15. The van der Waals surface area contributed by atoms with Gasteiger partial charge in [0.05, 0.1) is 20.6 Å². The van der Waals surface area contributed by atoms with Crippen molar-refractivity contribution < 1.29 is 23.9 Å². The van der Waals surface area contributed by atoms with Crippen molar-refractivity contribution in [2.75, 3.05) is 14.2 Å². The third kappa shape index (κ3) is 6.21. The minimum atomic E-state index is -0.308. The topological polar surface area (TPSA) is 69.7 Å². The van der Waals surface area contributed by atoms with E-state index in [-0.39, 0.29) is 24.1 Å². The van der Waals surface area contributed by atoms with Crippen molar-refractivity contribution in [3.8, 4) is 0 Å². The Hall–Kier alpha value is -2.17. The maximum absolute atomic E-state index is 11.9. The van der Waals surface area contributed by atoms with Gasteiger partial charge < -0.3 is 9.47 Å². The molecule has 21 heavy (non-hydrogen) atoms. The predicted octanol–water partition coefficient (Wildman–Crippen LogP) is 2.32. The summed E-state index contributed by atoms with van der Waals surface area (Å²) >= 11 is 0. The van der Waals surface area contributed by atoms with Gasteiger partial charge in [-0.2, -0.15) is 0 Å². The molecule has 1 aromatic carbocycles. The normalized spacial score (nSPS) is 10.0. The number of carbonyl (C=O) groups is 3. The molecule has 0 radical (unpaired) electrons. The van der Waals surface area contributed by atoms with E-state index < -0.39 is 0 Å². The van der Waals surface area contributed by atoms with E-state index in [4.69, 9.17) is 0 Å². The number of hydrogen-bond donors (Lipinski definition) is 0. The van der Waals surface area contributed by atoms with Crippen LogP contribution in [0.25, 0.3) is 0 Å². The zero-order chi connectivity index (χ0) is 15.7. The monoisotopic (exact) mass is 292 g/mol. The van der Waals surface area contributed by atoms with Gasteiger partial charge >= 0.3 is 11.9 Å². The zero-order valence-electron chi connectivity index (χ0n) is 12.4. The van der Waals surface area contributed by atoms with Gasteiger partial charge in [0.1, 0.15) is 0 Å². The Morgan fingerprint density at radius 1 is 0.857 bits per heavy atom. The minimum Gasteiger partial charge on any atom is -0.469 e. The van der Waals surface area contributed by atoms with Crippen LogP contribution in [0, 0.1) is 0 Å². The van der Waals surface area contributed by atoms with E-state index >= 15 is 0 Å². The lowest BCUT2D eigenvalue weighted by Gasteiger charge is -2.03. The molecule has 1 aromatic rings. The maximum Gasteiger partial charge on any atom is 0.309 e. The van der Waals surface area contributed by atoms with Gasteiger partial charge in [-0.25, -0.2) is 0 Å². The van der Waals surface area contributed by atoms with Crippen molar-refractivity contribution in [3.05, 3.63) is 35.4 Å². The van der Waals surface area contributed by atoms with E-state index in [2.05, 4.69) is 9.47 Å². The van der Waals surface area contributed by atoms with Crippen molar-refractivity contribution in [1.29, 1.82) is 0 Å². The molecule has 0 aliphatic rings.